The van der Waals surface area contributed by atoms with Gasteiger partial charge in [-0.25, -0.2) is 0 Å². The van der Waals surface area contributed by atoms with E-state index in [4.69, 9.17) is 5.73 Å². The van der Waals surface area contributed by atoms with Gasteiger partial charge in [0.2, 0.25) is 5.91 Å². The lowest BCUT2D eigenvalue weighted by molar-refractivity contribution is -0.123. The van der Waals surface area contributed by atoms with Crippen molar-refractivity contribution in [2.75, 3.05) is 5.75 Å². The lowest BCUT2D eigenvalue weighted by Crippen LogP contribution is -2.47. The van der Waals surface area contributed by atoms with Gasteiger partial charge in [0.25, 0.3) is 0 Å². The molecule has 4 heteroatoms. The molecule has 1 amide bonds. The van der Waals surface area contributed by atoms with Crippen LogP contribution in [-0.2, 0) is 4.79 Å². The molecule has 1 saturated heterocycles. The summed E-state index contributed by atoms with van der Waals surface area (Å²) in [6.45, 7) is 4.17. The topological polar surface area (TPSA) is 55.1 Å². The quantitative estimate of drug-likeness (QED) is 0.743. The summed E-state index contributed by atoms with van der Waals surface area (Å²) in [5, 5.41) is 3.74. The Bertz CT molecular complexity index is 191. The minimum Gasteiger partial charge on any atom is -0.351 e. The minimum absolute atomic E-state index is 0.00709. The Morgan fingerprint density at radius 1 is 1.64 bits per heavy atom. The Balaban J connectivity index is 2.27. The number of carbonyl (C=O) groups is 1. The monoisotopic (exact) mass is 216 g/mol. The van der Waals surface area contributed by atoms with Gasteiger partial charge in [-0.3, -0.25) is 4.79 Å². The lowest BCUT2D eigenvalue weighted by atomic mass is 10.1. The summed E-state index contributed by atoms with van der Waals surface area (Å²) < 4.78 is 0. The third kappa shape index (κ3) is 3.50. The Labute approximate surface area is 90.2 Å². The highest BCUT2D eigenvalue weighted by molar-refractivity contribution is 7.99. The summed E-state index contributed by atoms with van der Waals surface area (Å²) in [5.74, 6) is 1.04. The zero-order chi connectivity index (χ0) is 10.6. The van der Waals surface area contributed by atoms with Gasteiger partial charge in [0, 0.05) is 17.0 Å². The van der Waals surface area contributed by atoms with Gasteiger partial charge in [-0.2, -0.15) is 11.8 Å². The van der Waals surface area contributed by atoms with Gasteiger partial charge in [0.05, 0.1) is 6.04 Å². The maximum absolute atomic E-state index is 11.5. The standard InChI is InChI=1S/C10H20N2OS/c1-3-9(11)10(13)12-8-5-4-7(2)14-6-8/h7-9H,3-6,11H2,1-2H3,(H,12,13)/t7?,8?,9-/m1/s1. The molecule has 0 radical (unpaired) electrons. The van der Waals surface area contributed by atoms with Crippen LogP contribution < -0.4 is 11.1 Å². The summed E-state index contributed by atoms with van der Waals surface area (Å²) >= 11 is 1.93. The second kappa shape index (κ2) is 5.61. The van der Waals surface area contributed by atoms with Crippen LogP contribution in [0.2, 0.25) is 0 Å². The Kier molecular flexibility index (Phi) is 4.75. The van der Waals surface area contributed by atoms with E-state index < -0.39 is 0 Å². The second-order valence-corrected chi connectivity index (χ2v) is 5.41. The van der Waals surface area contributed by atoms with Gasteiger partial charge in [-0.05, 0) is 19.3 Å². The first-order chi connectivity index (χ1) is 6.63. The average Bonchev–Trinajstić information content (AvgIpc) is 2.20. The summed E-state index contributed by atoms with van der Waals surface area (Å²) in [6.07, 6.45) is 3.00. The number of rotatable bonds is 3. The van der Waals surface area contributed by atoms with E-state index in [1.54, 1.807) is 0 Å². The van der Waals surface area contributed by atoms with Crippen LogP contribution in [0, 0.1) is 0 Å². The van der Waals surface area contributed by atoms with Crippen molar-refractivity contribution in [1.82, 2.24) is 5.32 Å². The predicted molar refractivity (Wildman–Crippen MR) is 61.4 cm³/mol. The fourth-order valence-electron chi connectivity index (χ4n) is 1.49. The predicted octanol–water partition coefficient (Wildman–Crippen LogP) is 1.12. The van der Waals surface area contributed by atoms with E-state index in [1.165, 1.54) is 6.42 Å². The molecule has 2 unspecified atom stereocenters. The number of thioether (sulfide) groups is 1. The number of amides is 1. The maximum atomic E-state index is 11.5. The first-order valence-electron chi connectivity index (χ1n) is 5.31. The van der Waals surface area contributed by atoms with Crippen molar-refractivity contribution in [2.45, 2.75) is 50.4 Å². The number of hydrogen-bond donors (Lipinski definition) is 2. The molecule has 0 spiro atoms. The van der Waals surface area contributed by atoms with Gasteiger partial charge >= 0.3 is 0 Å². The first-order valence-corrected chi connectivity index (χ1v) is 6.36. The Morgan fingerprint density at radius 2 is 2.36 bits per heavy atom. The van der Waals surface area contributed by atoms with Crippen molar-refractivity contribution in [3.05, 3.63) is 0 Å². The number of hydrogen-bond acceptors (Lipinski definition) is 3. The molecule has 1 rings (SSSR count). The van der Waals surface area contributed by atoms with Gasteiger partial charge in [-0.1, -0.05) is 13.8 Å². The smallest absolute Gasteiger partial charge is 0.237 e. The van der Waals surface area contributed by atoms with Crippen LogP contribution in [0.25, 0.3) is 0 Å². The second-order valence-electron chi connectivity index (χ2n) is 3.94. The van der Waals surface area contributed by atoms with E-state index >= 15 is 0 Å². The van der Waals surface area contributed by atoms with E-state index in [9.17, 15) is 4.79 Å². The number of nitrogens with two attached hydrogens (primary N) is 1. The fourth-order valence-corrected chi connectivity index (χ4v) is 2.60. The molecule has 82 valence electrons. The molecule has 3 N–H and O–H groups in total. The molecule has 0 aromatic rings. The van der Waals surface area contributed by atoms with E-state index in [-0.39, 0.29) is 11.9 Å². The molecule has 0 aromatic carbocycles. The highest BCUT2D eigenvalue weighted by atomic mass is 32.2. The molecule has 0 aromatic heterocycles. The molecule has 3 atom stereocenters. The summed E-state index contributed by atoms with van der Waals surface area (Å²) in [7, 11) is 0. The highest BCUT2D eigenvalue weighted by Crippen LogP contribution is 2.24. The molecule has 0 aliphatic carbocycles. The van der Waals surface area contributed by atoms with E-state index in [0.717, 1.165) is 17.4 Å². The Hall–Kier alpha value is -0.220. The van der Waals surface area contributed by atoms with Crippen molar-refractivity contribution in [1.29, 1.82) is 0 Å². The van der Waals surface area contributed by atoms with Gasteiger partial charge in [-0.15, -0.1) is 0 Å². The molecule has 0 saturated carbocycles. The largest absolute Gasteiger partial charge is 0.351 e. The van der Waals surface area contributed by atoms with Crippen LogP contribution in [0.5, 0.6) is 0 Å². The highest BCUT2D eigenvalue weighted by Gasteiger charge is 2.21. The van der Waals surface area contributed by atoms with E-state index in [2.05, 4.69) is 12.2 Å². The van der Waals surface area contributed by atoms with Crippen LogP contribution in [0.15, 0.2) is 0 Å². The molecule has 1 heterocycles. The van der Waals surface area contributed by atoms with Gasteiger partial charge in [0.15, 0.2) is 0 Å². The number of nitrogens with one attached hydrogen (secondary N) is 1. The van der Waals surface area contributed by atoms with Crippen molar-refractivity contribution < 1.29 is 4.79 Å². The number of carbonyl (C=O) groups excluding carboxylic acids is 1. The fraction of sp³-hybridized carbons (Fsp3) is 0.900. The first kappa shape index (κ1) is 11.9. The third-order valence-electron chi connectivity index (χ3n) is 2.63. The van der Waals surface area contributed by atoms with Gasteiger partial charge in [0.1, 0.15) is 0 Å². The minimum atomic E-state index is -0.334. The van der Waals surface area contributed by atoms with Crippen LogP contribution >= 0.6 is 11.8 Å². The molecular weight excluding hydrogens is 196 g/mol. The SMILES string of the molecule is CC[C@@H](N)C(=O)NC1CCC(C)SC1. The van der Waals surface area contributed by atoms with Crippen LogP contribution in [-0.4, -0.2) is 29.0 Å². The zero-order valence-corrected chi connectivity index (χ0v) is 9.77. The molecule has 3 nitrogen and oxygen atoms in total. The van der Waals surface area contributed by atoms with E-state index in [0.29, 0.717) is 12.5 Å². The molecule has 1 aliphatic heterocycles. The van der Waals surface area contributed by atoms with Gasteiger partial charge < -0.3 is 11.1 Å². The summed E-state index contributed by atoms with van der Waals surface area (Å²) in [6, 6.07) is 0.000602. The molecule has 1 fully saturated rings. The molecular formula is C10H20N2OS. The van der Waals surface area contributed by atoms with Crippen molar-refractivity contribution in [3.8, 4) is 0 Å². The van der Waals surface area contributed by atoms with Crippen LogP contribution in [0.4, 0.5) is 0 Å². The van der Waals surface area contributed by atoms with Crippen molar-refractivity contribution in [3.63, 3.8) is 0 Å². The van der Waals surface area contributed by atoms with Crippen LogP contribution in [0.3, 0.4) is 0 Å². The van der Waals surface area contributed by atoms with E-state index in [1.807, 2.05) is 18.7 Å². The normalized spacial score (nSPS) is 29.6. The molecule has 0 bridgehead atoms. The summed E-state index contributed by atoms with van der Waals surface area (Å²) in [4.78, 5) is 11.5. The molecule has 14 heavy (non-hydrogen) atoms. The van der Waals surface area contributed by atoms with Crippen LogP contribution in [0.1, 0.15) is 33.1 Å². The zero-order valence-electron chi connectivity index (χ0n) is 8.95. The average molecular weight is 216 g/mol. The molecule has 1 aliphatic rings. The summed E-state index contributed by atoms with van der Waals surface area (Å²) in [5.41, 5.74) is 5.64. The lowest BCUT2D eigenvalue weighted by Gasteiger charge is -2.27. The maximum Gasteiger partial charge on any atom is 0.237 e. The third-order valence-corrected chi connectivity index (χ3v) is 4.03. The van der Waals surface area contributed by atoms with Crippen molar-refractivity contribution in [2.24, 2.45) is 5.73 Å². The van der Waals surface area contributed by atoms with Crippen molar-refractivity contribution >= 4 is 17.7 Å². The Morgan fingerprint density at radius 3 is 2.86 bits per heavy atom.